The summed E-state index contributed by atoms with van der Waals surface area (Å²) in [4.78, 5) is -0.452. The third-order valence-electron chi connectivity index (χ3n) is 3.50. The number of nitrogens with zero attached hydrogens (tertiary/aromatic N) is 2. The van der Waals surface area contributed by atoms with Crippen LogP contribution in [-0.4, -0.2) is 28.3 Å². The zero-order valence-electron chi connectivity index (χ0n) is 12.5. The van der Waals surface area contributed by atoms with Gasteiger partial charge in [-0.05, 0) is 36.4 Å². The topological polar surface area (TPSA) is 140 Å². The minimum atomic E-state index is -4.46. The number of hydrogen-bond donors (Lipinski definition) is 4. The molecule has 0 saturated heterocycles. The van der Waals surface area contributed by atoms with Crippen molar-refractivity contribution in [1.82, 2.24) is 0 Å². The zero-order valence-corrected chi connectivity index (χ0v) is 13.3. The Bertz CT molecular complexity index is 1110. The van der Waals surface area contributed by atoms with Crippen molar-refractivity contribution in [2.45, 2.75) is 4.90 Å². The Hall–Kier alpha value is -3.17. The monoisotopic (exact) mass is 360 g/mol. The summed E-state index contributed by atoms with van der Waals surface area (Å²) >= 11 is 0. The van der Waals surface area contributed by atoms with Gasteiger partial charge in [-0.3, -0.25) is 4.55 Å². The van der Waals surface area contributed by atoms with Gasteiger partial charge in [0.1, 0.15) is 22.9 Å². The van der Waals surface area contributed by atoms with Gasteiger partial charge in [-0.25, -0.2) is 0 Å². The van der Waals surface area contributed by atoms with Gasteiger partial charge in [0.05, 0.1) is 4.90 Å². The fraction of sp³-hybridized carbons (Fsp3) is 0. The molecule has 0 spiro atoms. The summed E-state index contributed by atoms with van der Waals surface area (Å²) in [7, 11) is -4.46. The van der Waals surface area contributed by atoms with Crippen molar-refractivity contribution >= 4 is 32.3 Å². The second-order valence-electron chi connectivity index (χ2n) is 5.13. The third kappa shape index (κ3) is 3.23. The van der Waals surface area contributed by atoms with Gasteiger partial charge >= 0.3 is 0 Å². The van der Waals surface area contributed by atoms with E-state index in [1.54, 1.807) is 12.1 Å². The number of benzene rings is 3. The number of azo groups is 1. The number of phenolic OH excluding ortho intramolecular Hbond substituents is 3. The maximum Gasteiger partial charge on any atom is 0.294 e. The van der Waals surface area contributed by atoms with Crippen LogP contribution in [0.2, 0.25) is 0 Å². The van der Waals surface area contributed by atoms with Crippen molar-refractivity contribution in [3.05, 3.63) is 48.5 Å². The first-order valence-electron chi connectivity index (χ1n) is 6.93. The Kier molecular flexibility index (Phi) is 4.03. The molecular formula is C16H12N2O6S. The minimum Gasteiger partial charge on any atom is -0.507 e. The van der Waals surface area contributed by atoms with E-state index in [2.05, 4.69) is 10.2 Å². The normalized spacial score (nSPS) is 12.0. The van der Waals surface area contributed by atoms with Crippen LogP contribution in [0.1, 0.15) is 0 Å². The van der Waals surface area contributed by atoms with Gasteiger partial charge in [0.15, 0.2) is 5.75 Å². The van der Waals surface area contributed by atoms with E-state index in [9.17, 15) is 23.7 Å². The molecule has 0 aliphatic heterocycles. The molecule has 0 heterocycles. The van der Waals surface area contributed by atoms with Gasteiger partial charge in [0.25, 0.3) is 10.1 Å². The molecule has 4 N–H and O–H groups in total. The molecule has 0 bridgehead atoms. The molecule has 8 nitrogen and oxygen atoms in total. The number of fused-ring (bicyclic) bond motifs is 1. The number of aromatic hydroxyl groups is 3. The Morgan fingerprint density at radius 1 is 0.760 bits per heavy atom. The molecule has 0 unspecified atom stereocenters. The van der Waals surface area contributed by atoms with Crippen LogP contribution in [0.5, 0.6) is 17.2 Å². The molecule has 3 aromatic carbocycles. The zero-order chi connectivity index (χ0) is 18.2. The molecule has 0 fully saturated rings. The molecule has 0 radical (unpaired) electrons. The average molecular weight is 360 g/mol. The molecule has 128 valence electrons. The number of hydrogen-bond acceptors (Lipinski definition) is 7. The second kappa shape index (κ2) is 6.04. The van der Waals surface area contributed by atoms with Crippen LogP contribution in [0, 0.1) is 0 Å². The highest BCUT2D eigenvalue weighted by molar-refractivity contribution is 7.85. The highest BCUT2D eigenvalue weighted by Crippen LogP contribution is 2.39. The molecule has 3 rings (SSSR count). The highest BCUT2D eigenvalue weighted by atomic mass is 32.2. The first kappa shape index (κ1) is 16.7. The molecule has 0 amide bonds. The summed E-state index contributed by atoms with van der Waals surface area (Å²) in [5, 5.41) is 38.0. The van der Waals surface area contributed by atoms with E-state index in [-0.39, 0.29) is 28.6 Å². The fourth-order valence-corrected chi connectivity index (χ4v) is 2.75. The average Bonchev–Trinajstić information content (AvgIpc) is 2.55. The molecule has 0 aliphatic carbocycles. The van der Waals surface area contributed by atoms with Crippen LogP contribution in [0.25, 0.3) is 10.8 Å². The van der Waals surface area contributed by atoms with E-state index in [4.69, 9.17) is 4.55 Å². The first-order valence-corrected chi connectivity index (χ1v) is 8.37. The quantitative estimate of drug-likeness (QED) is 0.415. The molecule has 0 aliphatic rings. The maximum atomic E-state index is 11.1. The van der Waals surface area contributed by atoms with Crippen LogP contribution in [0.15, 0.2) is 63.7 Å². The lowest BCUT2D eigenvalue weighted by Crippen LogP contribution is -1.96. The highest BCUT2D eigenvalue weighted by Gasteiger charge is 2.13. The standard InChI is InChI=1S/C16H12N2O6S/c19-14-3-1-2-11-10(14)5-6-12(16(11)21)17-18-13-8-9(25(22,23)24)4-7-15(13)20/h1-8,19-21H,(H,22,23,24). The minimum absolute atomic E-state index is 0.00483. The predicted octanol–water partition coefficient (Wildman–Crippen LogP) is 3.62. The first-order chi connectivity index (χ1) is 11.8. The molecule has 25 heavy (non-hydrogen) atoms. The van der Waals surface area contributed by atoms with E-state index >= 15 is 0 Å². The van der Waals surface area contributed by atoms with E-state index in [1.807, 2.05) is 0 Å². The van der Waals surface area contributed by atoms with Crippen LogP contribution >= 0.6 is 0 Å². The van der Waals surface area contributed by atoms with E-state index in [1.165, 1.54) is 18.2 Å². The van der Waals surface area contributed by atoms with Gasteiger partial charge < -0.3 is 15.3 Å². The van der Waals surface area contributed by atoms with Gasteiger partial charge in [-0.1, -0.05) is 12.1 Å². The summed E-state index contributed by atoms with van der Waals surface area (Å²) in [6.45, 7) is 0. The molecule has 3 aromatic rings. The molecular weight excluding hydrogens is 348 g/mol. The fourth-order valence-electron chi connectivity index (χ4n) is 2.25. The van der Waals surface area contributed by atoms with Crippen molar-refractivity contribution in [2.75, 3.05) is 0 Å². The molecule has 0 saturated carbocycles. The lowest BCUT2D eigenvalue weighted by molar-refractivity contribution is 0.473. The molecule has 0 aromatic heterocycles. The van der Waals surface area contributed by atoms with Crippen molar-refractivity contribution in [2.24, 2.45) is 10.2 Å². The van der Waals surface area contributed by atoms with Crippen molar-refractivity contribution in [3.63, 3.8) is 0 Å². The number of phenols is 3. The smallest absolute Gasteiger partial charge is 0.294 e. The number of rotatable bonds is 3. The van der Waals surface area contributed by atoms with E-state index in [0.717, 1.165) is 18.2 Å². The van der Waals surface area contributed by atoms with Crippen molar-refractivity contribution in [1.29, 1.82) is 0 Å². The van der Waals surface area contributed by atoms with Crippen LogP contribution in [-0.2, 0) is 10.1 Å². The summed E-state index contributed by atoms with van der Waals surface area (Å²) in [6, 6.07) is 10.6. The van der Waals surface area contributed by atoms with Crippen LogP contribution < -0.4 is 0 Å². The second-order valence-corrected chi connectivity index (χ2v) is 6.55. The Morgan fingerprint density at radius 3 is 2.20 bits per heavy atom. The van der Waals surface area contributed by atoms with Crippen LogP contribution in [0.4, 0.5) is 11.4 Å². The summed E-state index contributed by atoms with van der Waals surface area (Å²) < 4.78 is 31.3. The van der Waals surface area contributed by atoms with Gasteiger partial charge in [-0.2, -0.15) is 8.42 Å². The predicted molar refractivity (Wildman–Crippen MR) is 89.4 cm³/mol. The van der Waals surface area contributed by atoms with Gasteiger partial charge in [0, 0.05) is 10.8 Å². The Balaban J connectivity index is 2.06. The van der Waals surface area contributed by atoms with E-state index in [0.29, 0.717) is 10.8 Å². The summed E-state index contributed by atoms with van der Waals surface area (Å²) in [5.74, 6) is -0.591. The molecule has 0 atom stereocenters. The van der Waals surface area contributed by atoms with Gasteiger partial charge in [0.2, 0.25) is 0 Å². The van der Waals surface area contributed by atoms with E-state index < -0.39 is 15.0 Å². The van der Waals surface area contributed by atoms with Gasteiger partial charge in [-0.15, -0.1) is 10.2 Å². The molecule has 9 heteroatoms. The summed E-state index contributed by atoms with van der Waals surface area (Å²) in [6.07, 6.45) is 0. The maximum absolute atomic E-state index is 11.1. The van der Waals surface area contributed by atoms with Crippen molar-refractivity contribution < 1.29 is 28.3 Å². The van der Waals surface area contributed by atoms with Crippen molar-refractivity contribution in [3.8, 4) is 17.2 Å². The summed E-state index contributed by atoms with van der Waals surface area (Å²) in [5.41, 5.74) is -0.153. The lowest BCUT2D eigenvalue weighted by Gasteiger charge is -2.05. The third-order valence-corrected chi connectivity index (χ3v) is 4.35. The Labute approximate surface area is 142 Å². The lowest BCUT2D eigenvalue weighted by atomic mass is 10.1. The Morgan fingerprint density at radius 2 is 1.48 bits per heavy atom. The largest absolute Gasteiger partial charge is 0.507 e. The SMILES string of the molecule is O=S(=O)(O)c1ccc(O)c(N=Nc2ccc3c(O)cccc3c2O)c1. The van der Waals surface area contributed by atoms with Crippen LogP contribution in [0.3, 0.4) is 0 Å².